The molecule has 0 aliphatic carbocycles. The van der Waals surface area contributed by atoms with Gasteiger partial charge in [0, 0.05) is 19.6 Å². The molecule has 1 aliphatic heterocycles. The molecule has 4 heteroatoms. The lowest BCUT2D eigenvalue weighted by Crippen LogP contribution is -2.33. The molecule has 0 spiro atoms. The fraction of sp³-hybridized carbons (Fsp3) is 1.00. The topological polar surface area (TPSA) is 55.3 Å². The van der Waals surface area contributed by atoms with Crippen molar-refractivity contribution in [1.82, 2.24) is 4.90 Å². The molecule has 0 bridgehead atoms. The molecular weight excluding hydrogens is 174 g/mol. The van der Waals surface area contributed by atoms with Crippen molar-refractivity contribution < 1.29 is 0 Å². The van der Waals surface area contributed by atoms with Crippen molar-refractivity contribution in [2.75, 3.05) is 32.7 Å². The molecule has 12 heavy (non-hydrogen) atoms. The molecule has 0 aromatic rings. The molecule has 1 fully saturated rings. The second-order valence-electron chi connectivity index (χ2n) is 3.83. The molecule has 0 aromatic carbocycles. The minimum atomic E-state index is 0. The zero-order valence-electron chi connectivity index (χ0n) is 7.75. The standard InChI is InChI=1S/C8H19N3.ClH/c1-8(6-10)2-4-11(7-8)5-3-9;/h2-7,9-10H2,1H3;1H. The van der Waals surface area contributed by atoms with Crippen molar-refractivity contribution in [3.8, 4) is 0 Å². The van der Waals surface area contributed by atoms with Gasteiger partial charge in [0.1, 0.15) is 0 Å². The Morgan fingerprint density at radius 3 is 2.50 bits per heavy atom. The smallest absolute Gasteiger partial charge is 0.0105 e. The number of hydrogen-bond acceptors (Lipinski definition) is 3. The predicted octanol–water partition coefficient (Wildman–Crippen LogP) is 0.0376. The number of halogens is 1. The molecule has 0 aromatic heterocycles. The lowest BCUT2D eigenvalue weighted by Gasteiger charge is -2.22. The number of nitrogens with two attached hydrogens (primary N) is 2. The Labute approximate surface area is 80.9 Å². The van der Waals surface area contributed by atoms with Crippen LogP contribution in [0.5, 0.6) is 0 Å². The highest BCUT2D eigenvalue weighted by Gasteiger charge is 2.31. The van der Waals surface area contributed by atoms with E-state index in [4.69, 9.17) is 11.5 Å². The zero-order valence-corrected chi connectivity index (χ0v) is 8.57. The van der Waals surface area contributed by atoms with Crippen LogP contribution in [-0.2, 0) is 0 Å². The molecule has 1 heterocycles. The van der Waals surface area contributed by atoms with Crippen LogP contribution in [-0.4, -0.2) is 37.6 Å². The summed E-state index contributed by atoms with van der Waals surface area (Å²) in [4.78, 5) is 2.40. The summed E-state index contributed by atoms with van der Waals surface area (Å²) < 4.78 is 0. The van der Waals surface area contributed by atoms with Crippen LogP contribution >= 0.6 is 12.4 Å². The summed E-state index contributed by atoms with van der Waals surface area (Å²) in [6.07, 6.45) is 1.23. The van der Waals surface area contributed by atoms with E-state index in [-0.39, 0.29) is 12.4 Å². The van der Waals surface area contributed by atoms with Crippen molar-refractivity contribution >= 4 is 12.4 Å². The van der Waals surface area contributed by atoms with Crippen LogP contribution in [0.15, 0.2) is 0 Å². The fourth-order valence-corrected chi connectivity index (χ4v) is 1.67. The lowest BCUT2D eigenvalue weighted by molar-refractivity contribution is 0.286. The normalized spacial score (nSPS) is 30.2. The molecule has 1 unspecified atom stereocenters. The Hall–Kier alpha value is 0.170. The predicted molar refractivity (Wildman–Crippen MR) is 54.5 cm³/mol. The van der Waals surface area contributed by atoms with Crippen molar-refractivity contribution in [1.29, 1.82) is 0 Å². The first-order chi connectivity index (χ1) is 5.20. The van der Waals surface area contributed by atoms with Crippen LogP contribution in [0.4, 0.5) is 0 Å². The largest absolute Gasteiger partial charge is 0.330 e. The molecule has 0 radical (unpaired) electrons. The van der Waals surface area contributed by atoms with Gasteiger partial charge in [-0.05, 0) is 24.9 Å². The summed E-state index contributed by atoms with van der Waals surface area (Å²) in [6, 6.07) is 0. The van der Waals surface area contributed by atoms with Gasteiger partial charge < -0.3 is 16.4 Å². The van der Waals surface area contributed by atoms with Gasteiger partial charge >= 0.3 is 0 Å². The average molecular weight is 194 g/mol. The summed E-state index contributed by atoms with van der Waals surface area (Å²) in [5.74, 6) is 0. The van der Waals surface area contributed by atoms with E-state index in [9.17, 15) is 0 Å². The SMILES string of the molecule is CC1(CN)CCN(CCN)C1.Cl. The Morgan fingerprint density at radius 2 is 2.08 bits per heavy atom. The second-order valence-corrected chi connectivity index (χ2v) is 3.83. The third kappa shape index (κ3) is 2.90. The zero-order chi connectivity index (χ0) is 8.32. The van der Waals surface area contributed by atoms with Crippen LogP contribution in [0.1, 0.15) is 13.3 Å². The van der Waals surface area contributed by atoms with Gasteiger partial charge in [-0.2, -0.15) is 0 Å². The van der Waals surface area contributed by atoms with Gasteiger partial charge in [-0.15, -0.1) is 12.4 Å². The van der Waals surface area contributed by atoms with Crippen LogP contribution < -0.4 is 11.5 Å². The van der Waals surface area contributed by atoms with Gasteiger partial charge in [-0.1, -0.05) is 6.92 Å². The first-order valence-corrected chi connectivity index (χ1v) is 4.33. The van der Waals surface area contributed by atoms with Crippen molar-refractivity contribution in [2.45, 2.75) is 13.3 Å². The van der Waals surface area contributed by atoms with E-state index in [0.717, 1.165) is 26.2 Å². The number of hydrogen-bond donors (Lipinski definition) is 2. The molecule has 1 rings (SSSR count). The Kier molecular flexibility index (Phi) is 5.09. The van der Waals surface area contributed by atoms with Gasteiger partial charge in [0.2, 0.25) is 0 Å². The number of rotatable bonds is 3. The maximum atomic E-state index is 5.67. The molecule has 3 nitrogen and oxygen atoms in total. The van der Waals surface area contributed by atoms with Gasteiger partial charge in [-0.3, -0.25) is 0 Å². The van der Waals surface area contributed by atoms with E-state index >= 15 is 0 Å². The van der Waals surface area contributed by atoms with Gasteiger partial charge in [0.05, 0.1) is 0 Å². The minimum absolute atomic E-state index is 0. The molecule has 0 amide bonds. The summed E-state index contributed by atoms with van der Waals surface area (Å²) in [7, 11) is 0. The fourth-order valence-electron chi connectivity index (χ4n) is 1.67. The van der Waals surface area contributed by atoms with Crippen molar-refractivity contribution in [2.24, 2.45) is 16.9 Å². The van der Waals surface area contributed by atoms with E-state index < -0.39 is 0 Å². The number of nitrogens with zero attached hydrogens (tertiary/aromatic N) is 1. The first-order valence-electron chi connectivity index (χ1n) is 4.33. The van der Waals surface area contributed by atoms with E-state index in [1.54, 1.807) is 0 Å². The highest BCUT2D eigenvalue weighted by molar-refractivity contribution is 5.85. The van der Waals surface area contributed by atoms with Crippen LogP contribution in [0.3, 0.4) is 0 Å². The maximum absolute atomic E-state index is 5.67. The summed E-state index contributed by atoms with van der Waals surface area (Å²) >= 11 is 0. The first kappa shape index (κ1) is 12.2. The molecule has 4 N–H and O–H groups in total. The van der Waals surface area contributed by atoms with Crippen molar-refractivity contribution in [3.05, 3.63) is 0 Å². The highest BCUT2D eigenvalue weighted by Crippen LogP contribution is 2.27. The van der Waals surface area contributed by atoms with E-state index in [1.807, 2.05) is 0 Å². The third-order valence-electron chi connectivity index (χ3n) is 2.58. The van der Waals surface area contributed by atoms with Gasteiger partial charge in [-0.25, -0.2) is 0 Å². The Bertz CT molecular complexity index is 131. The Balaban J connectivity index is 0.00000121. The van der Waals surface area contributed by atoms with Crippen LogP contribution in [0.2, 0.25) is 0 Å². The average Bonchev–Trinajstić information content (AvgIpc) is 2.35. The lowest BCUT2D eigenvalue weighted by atomic mass is 9.90. The molecule has 74 valence electrons. The van der Waals surface area contributed by atoms with Gasteiger partial charge in [0.15, 0.2) is 0 Å². The van der Waals surface area contributed by atoms with Crippen LogP contribution in [0.25, 0.3) is 0 Å². The molecule has 0 saturated carbocycles. The van der Waals surface area contributed by atoms with E-state index in [1.165, 1.54) is 13.0 Å². The second kappa shape index (κ2) is 5.02. The minimum Gasteiger partial charge on any atom is -0.330 e. The summed E-state index contributed by atoms with van der Waals surface area (Å²) in [6.45, 7) is 7.14. The number of likely N-dealkylation sites (tertiary alicyclic amines) is 1. The van der Waals surface area contributed by atoms with Crippen LogP contribution in [0, 0.1) is 5.41 Å². The summed E-state index contributed by atoms with van der Waals surface area (Å²) in [5.41, 5.74) is 11.5. The third-order valence-corrected chi connectivity index (χ3v) is 2.58. The molecular formula is C8H20ClN3. The highest BCUT2D eigenvalue weighted by atomic mass is 35.5. The monoisotopic (exact) mass is 193 g/mol. The Morgan fingerprint density at radius 1 is 1.42 bits per heavy atom. The van der Waals surface area contributed by atoms with Crippen molar-refractivity contribution in [3.63, 3.8) is 0 Å². The summed E-state index contributed by atoms with van der Waals surface area (Å²) in [5, 5.41) is 0. The molecule has 1 atom stereocenters. The molecule has 1 aliphatic rings. The van der Waals surface area contributed by atoms with Gasteiger partial charge in [0.25, 0.3) is 0 Å². The van der Waals surface area contributed by atoms with E-state index in [2.05, 4.69) is 11.8 Å². The van der Waals surface area contributed by atoms with E-state index in [0.29, 0.717) is 5.41 Å². The quantitative estimate of drug-likeness (QED) is 0.666. The molecule has 1 saturated heterocycles. The maximum Gasteiger partial charge on any atom is 0.0105 e.